The summed E-state index contributed by atoms with van der Waals surface area (Å²) < 4.78 is 12.0. The summed E-state index contributed by atoms with van der Waals surface area (Å²) in [6.45, 7) is 6.07. The molecule has 4 heteroatoms. The Morgan fingerprint density at radius 3 is 1.17 bits per heavy atom. The van der Waals surface area contributed by atoms with Crippen molar-refractivity contribution < 1.29 is 19.1 Å². The summed E-state index contributed by atoms with van der Waals surface area (Å²) in [5, 5.41) is 0. The van der Waals surface area contributed by atoms with Gasteiger partial charge in [-0.25, -0.2) is 0 Å². The molecule has 2 aromatic carbocycles. The molecule has 3 aliphatic rings. The lowest BCUT2D eigenvalue weighted by Gasteiger charge is -2.57. The van der Waals surface area contributed by atoms with Crippen molar-refractivity contribution in [1.29, 1.82) is 0 Å². The molecule has 2 aromatic rings. The van der Waals surface area contributed by atoms with E-state index in [1.54, 1.807) is 0 Å². The Kier molecular flexibility index (Phi) is 12.8. The van der Waals surface area contributed by atoms with E-state index in [-0.39, 0.29) is 11.6 Å². The Hall–Kier alpha value is -2.62. The van der Waals surface area contributed by atoms with E-state index < -0.39 is 10.8 Å². The van der Waals surface area contributed by atoms with Gasteiger partial charge in [0.2, 0.25) is 0 Å². The summed E-state index contributed by atoms with van der Waals surface area (Å²) in [5.74, 6) is 3.28. The number of Topliss-reactive ketones (excluding diaryl/α,β-unsaturated/α-hetero) is 2. The van der Waals surface area contributed by atoms with E-state index in [0.717, 1.165) is 88.9 Å². The van der Waals surface area contributed by atoms with E-state index in [1.165, 1.54) is 75.3 Å². The van der Waals surface area contributed by atoms with E-state index in [9.17, 15) is 9.59 Å². The SMILES string of the molecule is CCCCCCCCOc1ccc(C2CCC3(CC2)C(=O)C2(CCC(c4ccc(OCCCCCCCC)cc4)CC2)C3=O)cc1. The molecular weight excluding hydrogens is 568 g/mol. The number of benzene rings is 2. The fourth-order valence-electron chi connectivity index (χ4n) is 8.67. The van der Waals surface area contributed by atoms with Crippen LogP contribution in [0.3, 0.4) is 0 Å². The monoisotopic (exact) mass is 628 g/mol. The predicted molar refractivity (Wildman–Crippen MR) is 188 cm³/mol. The maximum absolute atomic E-state index is 13.8. The van der Waals surface area contributed by atoms with Crippen molar-refractivity contribution in [1.82, 2.24) is 0 Å². The largest absolute Gasteiger partial charge is 0.494 e. The molecule has 0 unspecified atom stereocenters. The third-order valence-corrected chi connectivity index (χ3v) is 11.7. The summed E-state index contributed by atoms with van der Waals surface area (Å²) in [6.07, 6.45) is 21.8. The highest BCUT2D eigenvalue weighted by Gasteiger charge is 2.70. The number of hydrogen-bond donors (Lipinski definition) is 0. The maximum atomic E-state index is 13.8. The smallest absolute Gasteiger partial charge is 0.159 e. The Bertz CT molecular complexity index is 1100. The minimum Gasteiger partial charge on any atom is -0.494 e. The van der Waals surface area contributed by atoms with Crippen LogP contribution in [0, 0.1) is 10.8 Å². The fraction of sp³-hybridized carbons (Fsp3) is 0.667. The molecule has 0 heterocycles. The van der Waals surface area contributed by atoms with Crippen LogP contribution in [0.1, 0.15) is 165 Å². The molecule has 0 aliphatic heterocycles. The van der Waals surface area contributed by atoms with E-state index in [0.29, 0.717) is 11.8 Å². The summed E-state index contributed by atoms with van der Waals surface area (Å²) in [7, 11) is 0. The Balaban J connectivity index is 1.03. The molecule has 0 N–H and O–H groups in total. The van der Waals surface area contributed by atoms with Crippen LogP contribution in [0.2, 0.25) is 0 Å². The van der Waals surface area contributed by atoms with Crippen molar-refractivity contribution in [2.24, 2.45) is 10.8 Å². The van der Waals surface area contributed by atoms with Crippen LogP contribution < -0.4 is 9.47 Å². The molecular formula is C42H60O4. The molecule has 5 rings (SSSR count). The lowest BCUT2D eigenvalue weighted by atomic mass is 9.42. The molecule has 3 aliphatic carbocycles. The molecule has 0 saturated heterocycles. The number of rotatable bonds is 18. The lowest BCUT2D eigenvalue weighted by molar-refractivity contribution is -0.177. The molecule has 3 saturated carbocycles. The average Bonchev–Trinajstić information content (AvgIpc) is 3.11. The number of ketones is 2. The van der Waals surface area contributed by atoms with Gasteiger partial charge in [-0.3, -0.25) is 9.59 Å². The van der Waals surface area contributed by atoms with Crippen LogP contribution in [-0.4, -0.2) is 24.8 Å². The molecule has 46 heavy (non-hydrogen) atoms. The number of unbranched alkanes of at least 4 members (excludes halogenated alkanes) is 10. The van der Waals surface area contributed by atoms with Gasteiger partial charge in [0, 0.05) is 0 Å². The third-order valence-electron chi connectivity index (χ3n) is 11.7. The molecule has 0 bridgehead atoms. The maximum Gasteiger partial charge on any atom is 0.159 e. The minimum absolute atomic E-state index is 0.277. The normalized spacial score (nSPS) is 26.0. The van der Waals surface area contributed by atoms with Gasteiger partial charge in [-0.15, -0.1) is 0 Å². The van der Waals surface area contributed by atoms with Gasteiger partial charge in [0.1, 0.15) is 11.5 Å². The van der Waals surface area contributed by atoms with Gasteiger partial charge in [-0.05, 0) is 111 Å². The highest BCUT2D eigenvalue weighted by molar-refractivity contribution is 6.30. The Morgan fingerprint density at radius 2 is 0.826 bits per heavy atom. The molecule has 0 aromatic heterocycles. The molecule has 252 valence electrons. The van der Waals surface area contributed by atoms with E-state index >= 15 is 0 Å². The van der Waals surface area contributed by atoms with Crippen molar-refractivity contribution >= 4 is 11.6 Å². The van der Waals surface area contributed by atoms with Crippen molar-refractivity contribution in [2.45, 2.75) is 154 Å². The summed E-state index contributed by atoms with van der Waals surface area (Å²) >= 11 is 0. The second kappa shape index (κ2) is 17.0. The van der Waals surface area contributed by atoms with Gasteiger partial charge >= 0.3 is 0 Å². The first-order chi connectivity index (χ1) is 22.5. The van der Waals surface area contributed by atoms with Crippen molar-refractivity contribution in [3.05, 3.63) is 59.7 Å². The zero-order valence-corrected chi connectivity index (χ0v) is 29.0. The highest BCUT2D eigenvalue weighted by Crippen LogP contribution is 2.62. The van der Waals surface area contributed by atoms with Crippen LogP contribution in [0.5, 0.6) is 11.5 Å². The second-order valence-electron chi connectivity index (χ2n) is 14.7. The fourth-order valence-corrected chi connectivity index (χ4v) is 8.67. The van der Waals surface area contributed by atoms with Crippen LogP contribution in [0.4, 0.5) is 0 Å². The number of hydrogen-bond acceptors (Lipinski definition) is 4. The van der Waals surface area contributed by atoms with Gasteiger partial charge < -0.3 is 9.47 Å². The topological polar surface area (TPSA) is 52.6 Å². The zero-order chi connectivity index (χ0) is 32.2. The van der Waals surface area contributed by atoms with Crippen molar-refractivity contribution in [3.8, 4) is 11.5 Å². The van der Waals surface area contributed by atoms with Crippen molar-refractivity contribution in [3.63, 3.8) is 0 Å². The summed E-state index contributed by atoms with van der Waals surface area (Å²) in [6, 6.07) is 17.2. The van der Waals surface area contributed by atoms with E-state index in [2.05, 4.69) is 62.4 Å². The van der Waals surface area contributed by atoms with Gasteiger partial charge in [0.15, 0.2) is 11.6 Å². The van der Waals surface area contributed by atoms with Crippen LogP contribution in [-0.2, 0) is 9.59 Å². The zero-order valence-electron chi connectivity index (χ0n) is 29.0. The van der Waals surface area contributed by atoms with Crippen molar-refractivity contribution in [2.75, 3.05) is 13.2 Å². The Labute approximate surface area is 279 Å². The first-order valence-electron chi connectivity index (χ1n) is 19.1. The molecule has 0 amide bonds. The lowest BCUT2D eigenvalue weighted by Crippen LogP contribution is -2.68. The van der Waals surface area contributed by atoms with Crippen LogP contribution >= 0.6 is 0 Å². The molecule has 0 radical (unpaired) electrons. The number of carbonyl (C=O) groups is 2. The van der Waals surface area contributed by atoms with Crippen LogP contribution in [0.25, 0.3) is 0 Å². The number of carbonyl (C=O) groups excluding carboxylic acids is 2. The van der Waals surface area contributed by atoms with Gasteiger partial charge in [0.25, 0.3) is 0 Å². The standard InChI is InChI=1S/C42H60O4/c1-3-5-7-9-11-13-31-45-37-19-15-33(16-20-37)35-23-27-41(28-24-35)39(43)42(40(41)44)29-25-36(26-30-42)34-17-21-38(22-18-34)46-32-14-12-10-8-6-4-2/h15-22,35-36H,3-14,23-32H2,1-2H3. The minimum atomic E-state index is -0.696. The van der Waals surface area contributed by atoms with E-state index in [1.807, 2.05) is 0 Å². The second-order valence-corrected chi connectivity index (χ2v) is 14.7. The number of ether oxygens (including phenoxy) is 2. The predicted octanol–water partition coefficient (Wildman–Crippen LogP) is 11.3. The molecule has 2 spiro atoms. The highest BCUT2D eigenvalue weighted by atomic mass is 16.5. The Morgan fingerprint density at radius 1 is 0.500 bits per heavy atom. The summed E-state index contributed by atoms with van der Waals surface area (Å²) in [5.41, 5.74) is 1.24. The summed E-state index contributed by atoms with van der Waals surface area (Å²) in [4.78, 5) is 27.7. The third kappa shape index (κ3) is 8.08. The van der Waals surface area contributed by atoms with Gasteiger partial charge in [-0.2, -0.15) is 0 Å². The van der Waals surface area contributed by atoms with Crippen LogP contribution in [0.15, 0.2) is 48.5 Å². The molecule has 3 fully saturated rings. The molecule has 0 atom stereocenters. The molecule has 4 nitrogen and oxygen atoms in total. The quantitative estimate of drug-likeness (QED) is 0.122. The van der Waals surface area contributed by atoms with E-state index in [4.69, 9.17) is 9.47 Å². The van der Waals surface area contributed by atoms with Gasteiger partial charge in [-0.1, -0.05) is 102 Å². The first-order valence-corrected chi connectivity index (χ1v) is 19.1. The first kappa shape index (κ1) is 34.7. The average molecular weight is 629 g/mol. The van der Waals surface area contributed by atoms with Gasteiger partial charge in [0.05, 0.1) is 24.0 Å².